The first-order valence-electron chi connectivity index (χ1n) is 5.55. The summed E-state index contributed by atoms with van der Waals surface area (Å²) in [4.78, 5) is 31.9. The number of hydrogen-bond donors (Lipinski definition) is 3. The van der Waals surface area contributed by atoms with E-state index >= 15 is 0 Å². The average molecular weight is 280 g/mol. The first-order valence-corrected chi connectivity index (χ1v) is 5.55. The van der Waals surface area contributed by atoms with Gasteiger partial charge in [0, 0.05) is 17.8 Å². The van der Waals surface area contributed by atoms with Crippen LogP contribution in [0.2, 0.25) is 0 Å². The number of hydrogen-bond acceptors (Lipinski definition) is 5. The number of amides is 2. The van der Waals surface area contributed by atoms with Crippen LogP contribution in [0.5, 0.6) is 0 Å². The average Bonchev–Trinajstić information content (AvgIpc) is 2.39. The van der Waals surface area contributed by atoms with E-state index in [-0.39, 0.29) is 17.8 Å². The fourth-order valence-electron chi connectivity index (χ4n) is 1.22. The molecule has 0 atom stereocenters. The minimum Gasteiger partial charge on any atom is -0.477 e. The lowest BCUT2D eigenvalue weighted by Crippen LogP contribution is -2.27. The van der Waals surface area contributed by atoms with E-state index in [1.807, 2.05) is 5.43 Å². The Labute approximate surface area is 113 Å². The minimum atomic E-state index is -1.22. The van der Waals surface area contributed by atoms with Crippen LogP contribution in [0.1, 0.15) is 13.3 Å². The molecule has 3 N–H and O–H groups in total. The maximum atomic E-state index is 11.4. The van der Waals surface area contributed by atoms with Gasteiger partial charge >= 0.3 is 12.0 Å². The van der Waals surface area contributed by atoms with Crippen molar-refractivity contribution in [2.75, 3.05) is 5.32 Å². The van der Waals surface area contributed by atoms with Gasteiger partial charge in [-0.05, 0) is 18.6 Å². The van der Waals surface area contributed by atoms with Gasteiger partial charge < -0.3 is 10.4 Å². The molecule has 0 aliphatic rings. The fourth-order valence-corrected chi connectivity index (χ4v) is 1.22. The molecular weight excluding hydrogens is 268 g/mol. The van der Waals surface area contributed by atoms with E-state index in [1.165, 1.54) is 24.3 Å². The highest BCUT2D eigenvalue weighted by atomic mass is 16.6. The van der Waals surface area contributed by atoms with Crippen molar-refractivity contribution in [3.63, 3.8) is 0 Å². The summed E-state index contributed by atoms with van der Waals surface area (Å²) in [6.07, 6.45) is 0.160. The Morgan fingerprint density at radius 2 is 1.95 bits per heavy atom. The predicted octanol–water partition coefficient (Wildman–Crippen LogP) is 1.57. The molecule has 0 aromatic heterocycles. The topological polar surface area (TPSA) is 134 Å². The summed E-state index contributed by atoms with van der Waals surface area (Å²) in [6.45, 7) is 1.59. The lowest BCUT2D eigenvalue weighted by atomic mass is 10.3. The van der Waals surface area contributed by atoms with Crippen LogP contribution >= 0.6 is 0 Å². The number of urea groups is 1. The van der Waals surface area contributed by atoms with Crippen molar-refractivity contribution >= 4 is 29.1 Å². The van der Waals surface area contributed by atoms with E-state index in [0.29, 0.717) is 5.69 Å². The lowest BCUT2D eigenvalue weighted by molar-refractivity contribution is -0.384. The Morgan fingerprint density at radius 3 is 2.40 bits per heavy atom. The number of aliphatic carboxylic acids is 1. The van der Waals surface area contributed by atoms with Crippen molar-refractivity contribution in [2.24, 2.45) is 5.10 Å². The molecule has 9 nitrogen and oxygen atoms in total. The number of rotatable bonds is 5. The number of carbonyl (C=O) groups excluding carboxylic acids is 1. The van der Waals surface area contributed by atoms with Gasteiger partial charge in [-0.25, -0.2) is 15.0 Å². The summed E-state index contributed by atoms with van der Waals surface area (Å²) in [5, 5.41) is 24.9. The van der Waals surface area contributed by atoms with E-state index in [2.05, 4.69) is 10.4 Å². The van der Waals surface area contributed by atoms with Gasteiger partial charge in [-0.15, -0.1) is 0 Å². The number of carboxylic acid groups (broad SMARTS) is 1. The standard InChI is InChI=1S/C11H12N4O5/c1-2-9(10(16)17)13-14-11(18)12-7-3-5-8(6-4-7)15(19)20/h3-6H,2H2,1H3,(H,16,17)(H2,12,14,18). The molecule has 1 rings (SSSR count). The maximum absolute atomic E-state index is 11.4. The number of hydrazone groups is 1. The molecular formula is C11H12N4O5. The van der Waals surface area contributed by atoms with Crippen LogP contribution in [-0.4, -0.2) is 27.7 Å². The van der Waals surface area contributed by atoms with Crippen molar-refractivity contribution in [3.8, 4) is 0 Å². The summed E-state index contributed by atoms with van der Waals surface area (Å²) in [6, 6.07) is 4.41. The second kappa shape index (κ2) is 6.83. The minimum absolute atomic E-state index is 0.104. The first kappa shape index (κ1) is 15.1. The summed E-state index contributed by atoms with van der Waals surface area (Å²) < 4.78 is 0. The number of nitrogens with zero attached hydrogens (tertiary/aromatic N) is 2. The zero-order chi connectivity index (χ0) is 15.1. The Kier molecular flexibility index (Phi) is 5.15. The van der Waals surface area contributed by atoms with Crippen molar-refractivity contribution in [2.45, 2.75) is 13.3 Å². The zero-order valence-electron chi connectivity index (χ0n) is 10.5. The Hall–Kier alpha value is -2.97. The first-order chi connectivity index (χ1) is 9.43. The second-order valence-electron chi connectivity index (χ2n) is 3.59. The molecule has 0 fully saturated rings. The molecule has 20 heavy (non-hydrogen) atoms. The van der Waals surface area contributed by atoms with Crippen LogP contribution in [0.4, 0.5) is 16.2 Å². The van der Waals surface area contributed by atoms with Gasteiger partial charge in [0.25, 0.3) is 5.69 Å². The number of nitro groups is 1. The number of benzene rings is 1. The molecule has 106 valence electrons. The van der Waals surface area contributed by atoms with Gasteiger partial charge in [-0.1, -0.05) is 6.92 Å². The number of carboxylic acids is 1. The van der Waals surface area contributed by atoms with E-state index in [0.717, 1.165) is 0 Å². The highest BCUT2D eigenvalue weighted by Gasteiger charge is 2.08. The highest BCUT2D eigenvalue weighted by molar-refractivity contribution is 6.35. The van der Waals surface area contributed by atoms with Gasteiger partial charge in [0.2, 0.25) is 0 Å². The highest BCUT2D eigenvalue weighted by Crippen LogP contribution is 2.15. The molecule has 0 unspecified atom stereocenters. The van der Waals surface area contributed by atoms with Crippen molar-refractivity contribution in [1.82, 2.24) is 5.43 Å². The Balaban J connectivity index is 2.62. The number of nitro benzene ring substituents is 1. The molecule has 0 radical (unpaired) electrons. The molecule has 1 aromatic rings. The summed E-state index contributed by atoms with van der Waals surface area (Å²) in [5.74, 6) is -1.22. The smallest absolute Gasteiger partial charge is 0.352 e. The monoisotopic (exact) mass is 280 g/mol. The van der Waals surface area contributed by atoms with Crippen molar-refractivity contribution in [1.29, 1.82) is 0 Å². The van der Waals surface area contributed by atoms with Gasteiger partial charge in [-0.2, -0.15) is 5.10 Å². The predicted molar refractivity (Wildman–Crippen MR) is 70.6 cm³/mol. The van der Waals surface area contributed by atoms with E-state index in [4.69, 9.17) is 5.11 Å². The summed E-state index contributed by atoms with van der Waals surface area (Å²) in [7, 11) is 0. The van der Waals surface area contributed by atoms with Gasteiger partial charge in [0.05, 0.1) is 4.92 Å². The largest absolute Gasteiger partial charge is 0.477 e. The maximum Gasteiger partial charge on any atom is 0.352 e. The number of anilines is 1. The van der Waals surface area contributed by atoms with Gasteiger partial charge in [0.1, 0.15) is 5.71 Å². The molecule has 0 aliphatic heterocycles. The van der Waals surface area contributed by atoms with E-state index in [9.17, 15) is 19.7 Å². The van der Waals surface area contributed by atoms with Gasteiger partial charge in [-0.3, -0.25) is 10.1 Å². The molecule has 0 heterocycles. The molecule has 0 saturated carbocycles. The number of non-ortho nitro benzene ring substituents is 1. The molecule has 0 saturated heterocycles. The molecule has 0 bridgehead atoms. The van der Waals surface area contributed by atoms with Gasteiger partial charge in [0.15, 0.2) is 0 Å². The quantitative estimate of drug-likeness (QED) is 0.427. The van der Waals surface area contributed by atoms with Crippen molar-refractivity contribution in [3.05, 3.63) is 34.4 Å². The van der Waals surface area contributed by atoms with Crippen molar-refractivity contribution < 1.29 is 19.6 Å². The Morgan fingerprint density at radius 1 is 1.35 bits per heavy atom. The molecule has 1 aromatic carbocycles. The molecule has 9 heteroatoms. The Bertz CT molecular complexity index is 552. The van der Waals surface area contributed by atoms with Crippen LogP contribution < -0.4 is 10.7 Å². The number of carbonyl (C=O) groups is 2. The van der Waals surface area contributed by atoms with Crippen LogP contribution in [0.15, 0.2) is 29.4 Å². The molecule has 0 aliphatic carbocycles. The van der Waals surface area contributed by atoms with Crippen LogP contribution in [0.3, 0.4) is 0 Å². The third kappa shape index (κ3) is 4.37. The zero-order valence-corrected chi connectivity index (χ0v) is 10.5. The normalized spacial score (nSPS) is 10.8. The second-order valence-corrected chi connectivity index (χ2v) is 3.59. The van der Waals surface area contributed by atoms with E-state index < -0.39 is 16.9 Å². The van der Waals surface area contributed by atoms with Crippen LogP contribution in [0.25, 0.3) is 0 Å². The third-order valence-electron chi connectivity index (χ3n) is 2.21. The van der Waals surface area contributed by atoms with Crippen LogP contribution in [0, 0.1) is 10.1 Å². The lowest BCUT2D eigenvalue weighted by Gasteiger charge is -2.04. The fraction of sp³-hybridized carbons (Fsp3) is 0.182. The molecule has 2 amide bonds. The summed E-state index contributed by atoms with van der Waals surface area (Å²) >= 11 is 0. The van der Waals surface area contributed by atoms with E-state index in [1.54, 1.807) is 6.92 Å². The number of nitrogens with one attached hydrogen (secondary N) is 2. The molecule has 0 spiro atoms. The third-order valence-corrected chi connectivity index (χ3v) is 2.21. The summed E-state index contributed by atoms with van der Waals surface area (Å²) in [5.41, 5.74) is 2.05. The SMILES string of the molecule is CCC(=NNC(=O)Nc1ccc([N+](=O)[O-])cc1)C(=O)O. The van der Waals surface area contributed by atoms with Crippen LogP contribution in [-0.2, 0) is 4.79 Å².